The van der Waals surface area contributed by atoms with Crippen molar-refractivity contribution in [1.29, 1.82) is 0 Å². The molecule has 6 nitrogen and oxygen atoms in total. The topological polar surface area (TPSA) is 66.9 Å². The molecule has 0 radical (unpaired) electrons. The molecule has 5 rings (SSSR count). The molecule has 38 heavy (non-hydrogen) atoms. The molecule has 2 unspecified atom stereocenters. The number of rotatable bonds is 7. The first kappa shape index (κ1) is 27.1. The van der Waals surface area contributed by atoms with Gasteiger partial charge in [-0.3, -0.25) is 4.79 Å². The van der Waals surface area contributed by atoms with Crippen molar-refractivity contribution in [2.45, 2.75) is 64.0 Å². The predicted molar refractivity (Wildman–Crippen MR) is 151 cm³/mol. The van der Waals surface area contributed by atoms with Crippen LogP contribution in [0.1, 0.15) is 57.1 Å². The average Bonchev–Trinajstić information content (AvgIpc) is 3.54. The van der Waals surface area contributed by atoms with E-state index in [0.29, 0.717) is 29.2 Å². The van der Waals surface area contributed by atoms with Gasteiger partial charge in [0.25, 0.3) is 0 Å². The second kappa shape index (κ2) is 10.9. The summed E-state index contributed by atoms with van der Waals surface area (Å²) in [7, 11) is -3.93. The van der Waals surface area contributed by atoms with Crippen LogP contribution in [0.4, 0.5) is 0 Å². The van der Waals surface area contributed by atoms with Gasteiger partial charge in [0.2, 0.25) is 15.9 Å². The van der Waals surface area contributed by atoms with Crippen LogP contribution in [0.5, 0.6) is 0 Å². The number of nitrogens with zero attached hydrogens (tertiary/aromatic N) is 2. The molecular weight excluding hydrogens is 516 g/mol. The summed E-state index contributed by atoms with van der Waals surface area (Å²) in [6.07, 6.45) is 2.26. The lowest BCUT2D eigenvalue weighted by atomic mass is 9.90. The minimum atomic E-state index is -3.93. The molecular formula is C30H36N2O4S2. The summed E-state index contributed by atoms with van der Waals surface area (Å²) in [5.41, 5.74) is 5.75. The summed E-state index contributed by atoms with van der Waals surface area (Å²) < 4.78 is 35.5. The number of hydrogen-bond acceptors (Lipinski definition) is 5. The molecule has 0 saturated carbocycles. The maximum absolute atomic E-state index is 14.2. The van der Waals surface area contributed by atoms with Gasteiger partial charge in [0.05, 0.1) is 23.6 Å². The monoisotopic (exact) mass is 552 g/mol. The zero-order chi connectivity index (χ0) is 27.0. The van der Waals surface area contributed by atoms with Gasteiger partial charge in [-0.15, -0.1) is 11.3 Å². The molecule has 1 aromatic heterocycles. The van der Waals surface area contributed by atoms with Crippen LogP contribution in [-0.4, -0.2) is 55.9 Å². The highest BCUT2D eigenvalue weighted by molar-refractivity contribution is 7.89. The second-order valence-electron chi connectivity index (χ2n) is 10.6. The first-order valence-electron chi connectivity index (χ1n) is 13.3. The van der Waals surface area contributed by atoms with E-state index in [-0.39, 0.29) is 31.1 Å². The molecule has 2 atom stereocenters. The van der Waals surface area contributed by atoms with Crippen LogP contribution in [0.3, 0.4) is 0 Å². The summed E-state index contributed by atoms with van der Waals surface area (Å²) in [6, 6.07) is 13.8. The Morgan fingerprint density at radius 3 is 2.47 bits per heavy atom. The van der Waals surface area contributed by atoms with E-state index in [9.17, 15) is 13.2 Å². The molecule has 2 aromatic carbocycles. The Morgan fingerprint density at radius 2 is 1.79 bits per heavy atom. The molecule has 0 N–H and O–H groups in total. The average molecular weight is 553 g/mol. The van der Waals surface area contributed by atoms with Gasteiger partial charge >= 0.3 is 0 Å². The highest BCUT2D eigenvalue weighted by Gasteiger charge is 2.38. The summed E-state index contributed by atoms with van der Waals surface area (Å²) in [4.78, 5) is 17.6. The molecule has 8 heteroatoms. The third-order valence-electron chi connectivity index (χ3n) is 7.71. The van der Waals surface area contributed by atoms with Crippen molar-refractivity contribution in [3.05, 3.63) is 86.1 Å². The second-order valence-corrected chi connectivity index (χ2v) is 13.4. The zero-order valence-corrected chi connectivity index (χ0v) is 24.2. The van der Waals surface area contributed by atoms with Crippen LogP contribution in [0, 0.1) is 27.7 Å². The van der Waals surface area contributed by atoms with Gasteiger partial charge < -0.3 is 9.64 Å². The van der Waals surface area contributed by atoms with Crippen LogP contribution in [0.15, 0.2) is 52.7 Å². The minimum absolute atomic E-state index is 0.174. The molecule has 0 spiro atoms. The van der Waals surface area contributed by atoms with E-state index >= 15 is 0 Å². The fourth-order valence-corrected chi connectivity index (χ4v) is 8.76. The van der Waals surface area contributed by atoms with E-state index in [1.54, 1.807) is 11.3 Å². The van der Waals surface area contributed by atoms with Crippen molar-refractivity contribution in [3.63, 3.8) is 0 Å². The number of ether oxygens (including phenoxy) is 1. The van der Waals surface area contributed by atoms with Crippen molar-refractivity contribution >= 4 is 27.3 Å². The lowest BCUT2D eigenvalue weighted by Gasteiger charge is -2.38. The van der Waals surface area contributed by atoms with E-state index in [0.717, 1.165) is 41.5 Å². The Kier molecular flexibility index (Phi) is 7.78. The first-order valence-corrected chi connectivity index (χ1v) is 15.6. The maximum Gasteiger partial charge on any atom is 0.244 e. The zero-order valence-electron chi connectivity index (χ0n) is 22.6. The lowest BCUT2D eigenvalue weighted by molar-refractivity contribution is -0.133. The number of amides is 1. The molecule has 1 saturated heterocycles. The van der Waals surface area contributed by atoms with Crippen LogP contribution in [-0.2, 0) is 26.0 Å². The van der Waals surface area contributed by atoms with Crippen LogP contribution in [0.2, 0.25) is 0 Å². The summed E-state index contributed by atoms with van der Waals surface area (Å²) in [6.45, 7) is 8.83. The molecule has 3 heterocycles. The van der Waals surface area contributed by atoms with Crippen molar-refractivity contribution in [2.75, 3.05) is 26.2 Å². The normalized spacial score (nSPS) is 19.7. The number of carbonyl (C=O) groups is 1. The quantitative estimate of drug-likeness (QED) is 0.398. The fourth-order valence-electron chi connectivity index (χ4n) is 6.02. The molecule has 3 aromatic rings. The number of carbonyl (C=O) groups excluding carboxylic acids is 1. The van der Waals surface area contributed by atoms with Crippen molar-refractivity contribution in [1.82, 2.24) is 9.21 Å². The van der Waals surface area contributed by atoms with Gasteiger partial charge in [0.1, 0.15) is 0 Å². The van der Waals surface area contributed by atoms with E-state index in [1.807, 2.05) is 49.9 Å². The van der Waals surface area contributed by atoms with Crippen molar-refractivity contribution < 1.29 is 17.9 Å². The Labute approximate surface area is 230 Å². The van der Waals surface area contributed by atoms with Crippen LogP contribution >= 0.6 is 11.3 Å². The Balaban J connectivity index is 1.51. The number of hydrogen-bond donors (Lipinski definition) is 0. The molecule has 0 aliphatic carbocycles. The fraction of sp³-hybridized carbons (Fsp3) is 0.433. The Hall–Kier alpha value is -2.52. The molecule has 1 amide bonds. The van der Waals surface area contributed by atoms with Gasteiger partial charge in [-0.25, -0.2) is 8.42 Å². The van der Waals surface area contributed by atoms with Gasteiger partial charge in [0, 0.05) is 24.6 Å². The summed E-state index contributed by atoms with van der Waals surface area (Å²) in [5, 5.41) is 2.08. The number of sulfonamides is 1. The molecule has 2 aliphatic rings. The summed E-state index contributed by atoms with van der Waals surface area (Å²) >= 11 is 1.72. The minimum Gasteiger partial charge on any atom is -0.377 e. The number of benzene rings is 2. The van der Waals surface area contributed by atoms with E-state index < -0.39 is 10.0 Å². The lowest BCUT2D eigenvalue weighted by Crippen LogP contribution is -2.48. The van der Waals surface area contributed by atoms with Gasteiger partial charge in [0.15, 0.2) is 0 Å². The third kappa shape index (κ3) is 5.19. The van der Waals surface area contributed by atoms with Gasteiger partial charge in [-0.05, 0) is 86.2 Å². The van der Waals surface area contributed by atoms with Gasteiger partial charge in [-0.2, -0.15) is 4.31 Å². The highest BCUT2D eigenvalue weighted by atomic mass is 32.2. The summed E-state index contributed by atoms with van der Waals surface area (Å²) in [5.74, 6) is -0.181. The standard InChI is InChI=1S/C30H36N2O4S2/c1-20-16-22(3)30(23(4)17-20)38(34,35)31(18-24-9-7-14-36-24)19-28(33)32-13-11-27-26(12-15-37-27)29(32)25-10-6-5-8-21(25)2/h5-6,8,10,12,15-17,24,29H,7,9,11,13-14,18-19H2,1-4H3. The number of fused-ring (bicyclic) bond motifs is 1. The largest absolute Gasteiger partial charge is 0.377 e. The van der Waals surface area contributed by atoms with E-state index in [1.165, 1.54) is 9.18 Å². The molecule has 1 fully saturated rings. The van der Waals surface area contributed by atoms with Crippen LogP contribution < -0.4 is 0 Å². The highest BCUT2D eigenvalue weighted by Crippen LogP contribution is 2.39. The predicted octanol–water partition coefficient (Wildman–Crippen LogP) is 5.33. The Morgan fingerprint density at radius 1 is 1.05 bits per heavy atom. The molecule has 202 valence electrons. The number of thiophene rings is 1. The number of aryl methyl sites for hydroxylation is 4. The SMILES string of the molecule is Cc1cc(C)c(S(=O)(=O)N(CC(=O)N2CCc3sccc3C2c2ccccc2C)CC2CCCO2)c(C)c1. The molecule has 0 bridgehead atoms. The van der Waals surface area contributed by atoms with Crippen LogP contribution in [0.25, 0.3) is 0 Å². The maximum atomic E-state index is 14.2. The first-order chi connectivity index (χ1) is 18.2. The van der Waals surface area contributed by atoms with Gasteiger partial charge in [-0.1, -0.05) is 42.0 Å². The van der Waals surface area contributed by atoms with Crippen molar-refractivity contribution in [2.24, 2.45) is 0 Å². The smallest absolute Gasteiger partial charge is 0.244 e. The Bertz CT molecular complexity index is 1420. The van der Waals surface area contributed by atoms with E-state index in [4.69, 9.17) is 4.74 Å². The third-order valence-corrected chi connectivity index (χ3v) is 10.8. The van der Waals surface area contributed by atoms with E-state index in [2.05, 4.69) is 30.5 Å². The molecule has 2 aliphatic heterocycles. The van der Waals surface area contributed by atoms with Crippen molar-refractivity contribution in [3.8, 4) is 0 Å².